The summed E-state index contributed by atoms with van der Waals surface area (Å²) in [6.07, 6.45) is 5.57. The van der Waals surface area contributed by atoms with Gasteiger partial charge in [0.05, 0.1) is 19.8 Å². The Balaban J connectivity index is 2.45. The van der Waals surface area contributed by atoms with Crippen molar-refractivity contribution >= 4 is 23.8 Å². The van der Waals surface area contributed by atoms with Crippen molar-refractivity contribution in [2.24, 2.45) is 0 Å². The van der Waals surface area contributed by atoms with Crippen molar-refractivity contribution in [1.29, 1.82) is 0 Å². The second-order valence-corrected chi connectivity index (χ2v) is 4.28. The first-order chi connectivity index (χ1) is 10.1. The highest BCUT2D eigenvalue weighted by atomic mass is 35.5. The Hall–Kier alpha value is -2.21. The lowest BCUT2D eigenvalue weighted by Gasteiger charge is -2.10. The summed E-state index contributed by atoms with van der Waals surface area (Å²) in [5, 5.41) is 0.0903. The molecule has 0 saturated heterocycles. The van der Waals surface area contributed by atoms with Gasteiger partial charge in [-0.25, -0.2) is 18.7 Å². The lowest BCUT2D eigenvalue weighted by atomic mass is 10.1. The zero-order valence-corrected chi connectivity index (χ0v) is 12.0. The lowest BCUT2D eigenvalue weighted by Crippen LogP contribution is -1.98. The van der Waals surface area contributed by atoms with E-state index in [1.54, 1.807) is 0 Å². The predicted molar refractivity (Wildman–Crippen MR) is 75.4 cm³/mol. The molecule has 0 saturated carbocycles. The topological polar surface area (TPSA) is 44.2 Å². The molecule has 0 amide bonds. The molecule has 4 nitrogen and oxygen atoms in total. The fraction of sp³-hybridized carbons (Fsp3) is 0.143. The van der Waals surface area contributed by atoms with Gasteiger partial charge >= 0.3 is 0 Å². The van der Waals surface area contributed by atoms with Gasteiger partial charge in [-0.1, -0.05) is 6.08 Å². The number of nitrogens with zero attached hydrogens (tertiary/aromatic N) is 2. The van der Waals surface area contributed by atoms with Gasteiger partial charge in [0.1, 0.15) is 0 Å². The molecule has 2 rings (SSSR count). The second kappa shape index (κ2) is 6.49. The number of aromatic nitrogens is 2. The number of halogens is 3. The minimum absolute atomic E-state index is 0.0903. The molecule has 0 atom stereocenters. The van der Waals surface area contributed by atoms with Crippen molar-refractivity contribution < 1.29 is 18.3 Å². The highest BCUT2D eigenvalue weighted by Crippen LogP contribution is 2.32. The molecule has 21 heavy (non-hydrogen) atoms. The molecule has 0 radical (unpaired) electrons. The maximum absolute atomic E-state index is 14.1. The summed E-state index contributed by atoms with van der Waals surface area (Å²) in [6, 6.07) is 1.15. The molecule has 0 N–H and O–H groups in total. The monoisotopic (exact) mass is 312 g/mol. The number of methoxy groups -OCH3 is 2. The van der Waals surface area contributed by atoms with Gasteiger partial charge in [-0.05, 0) is 17.7 Å². The largest absolute Gasteiger partial charge is 0.494 e. The normalized spacial score (nSPS) is 10.9. The van der Waals surface area contributed by atoms with Crippen LogP contribution in [0.3, 0.4) is 0 Å². The molecule has 110 valence electrons. The Labute approximate surface area is 125 Å². The van der Waals surface area contributed by atoms with Crippen LogP contribution in [0, 0.1) is 11.6 Å². The van der Waals surface area contributed by atoms with Gasteiger partial charge < -0.3 is 9.47 Å². The van der Waals surface area contributed by atoms with E-state index in [2.05, 4.69) is 9.97 Å². The Morgan fingerprint density at radius 3 is 2.00 bits per heavy atom. The lowest BCUT2D eigenvalue weighted by molar-refractivity contribution is 0.357. The van der Waals surface area contributed by atoms with Crippen LogP contribution in [0.1, 0.15) is 11.1 Å². The molecule has 1 aromatic carbocycles. The summed E-state index contributed by atoms with van der Waals surface area (Å²) in [5.41, 5.74) is 0.265. The molecule has 2 aromatic rings. The maximum Gasteiger partial charge on any atom is 0.222 e. The SMILES string of the molecule is COc1cc(OC)c(F)c(C=Cc2cnc(Cl)nc2)c1F. The highest BCUT2D eigenvalue weighted by molar-refractivity contribution is 6.28. The molecular weight excluding hydrogens is 302 g/mol. The van der Waals surface area contributed by atoms with E-state index in [1.165, 1.54) is 38.8 Å². The fourth-order valence-electron chi connectivity index (χ4n) is 1.64. The Morgan fingerprint density at radius 1 is 1.00 bits per heavy atom. The van der Waals surface area contributed by atoms with Crippen molar-refractivity contribution in [1.82, 2.24) is 9.97 Å². The van der Waals surface area contributed by atoms with Crippen molar-refractivity contribution in [3.05, 3.63) is 46.5 Å². The molecule has 0 spiro atoms. The van der Waals surface area contributed by atoms with Crippen molar-refractivity contribution in [2.75, 3.05) is 14.2 Å². The van der Waals surface area contributed by atoms with Crippen LogP contribution in [-0.4, -0.2) is 24.2 Å². The fourth-order valence-corrected chi connectivity index (χ4v) is 1.74. The van der Waals surface area contributed by atoms with Gasteiger partial charge in [0.25, 0.3) is 0 Å². The van der Waals surface area contributed by atoms with E-state index in [1.807, 2.05) is 0 Å². The minimum atomic E-state index is -0.818. The van der Waals surface area contributed by atoms with Gasteiger partial charge in [-0.2, -0.15) is 0 Å². The summed E-state index contributed by atoms with van der Waals surface area (Å²) >= 11 is 5.56. The molecule has 1 heterocycles. The Morgan fingerprint density at radius 2 is 1.52 bits per heavy atom. The van der Waals surface area contributed by atoms with Crippen molar-refractivity contribution in [3.8, 4) is 11.5 Å². The molecule has 1 aromatic heterocycles. The molecule has 7 heteroatoms. The first-order valence-corrected chi connectivity index (χ1v) is 6.20. The molecule has 0 aliphatic carbocycles. The zero-order valence-electron chi connectivity index (χ0n) is 11.2. The Kier molecular flexibility index (Phi) is 4.70. The molecular formula is C14H11ClF2N2O2. The number of rotatable bonds is 4. The number of benzene rings is 1. The van der Waals surface area contributed by atoms with Gasteiger partial charge in [0.2, 0.25) is 5.28 Å². The standard InChI is InChI=1S/C14H11ClF2N2O2/c1-20-10-5-11(21-2)13(17)9(12(10)16)4-3-8-6-18-14(15)19-7-8/h3-7H,1-2H3. The van der Waals surface area contributed by atoms with Gasteiger partial charge in [0, 0.05) is 24.0 Å². The van der Waals surface area contributed by atoms with Gasteiger partial charge in [-0.3, -0.25) is 0 Å². The van der Waals surface area contributed by atoms with E-state index >= 15 is 0 Å². The van der Waals surface area contributed by atoms with Gasteiger partial charge in [0.15, 0.2) is 23.1 Å². The third kappa shape index (κ3) is 3.28. The first-order valence-electron chi connectivity index (χ1n) is 5.82. The van der Waals surface area contributed by atoms with E-state index in [4.69, 9.17) is 21.1 Å². The molecule has 0 aliphatic heterocycles. The summed E-state index contributed by atoms with van der Waals surface area (Å²) in [6.45, 7) is 0. The summed E-state index contributed by atoms with van der Waals surface area (Å²) in [4.78, 5) is 7.54. The molecule has 0 aliphatic rings. The molecule has 0 fully saturated rings. The highest BCUT2D eigenvalue weighted by Gasteiger charge is 2.17. The number of hydrogen-bond acceptors (Lipinski definition) is 4. The van der Waals surface area contributed by atoms with Crippen LogP contribution >= 0.6 is 11.6 Å². The van der Waals surface area contributed by atoms with Crippen molar-refractivity contribution in [2.45, 2.75) is 0 Å². The van der Waals surface area contributed by atoms with E-state index in [-0.39, 0.29) is 22.3 Å². The third-order valence-corrected chi connectivity index (χ3v) is 2.89. The molecule has 0 bridgehead atoms. The van der Waals surface area contributed by atoms with E-state index < -0.39 is 11.6 Å². The van der Waals surface area contributed by atoms with Crippen molar-refractivity contribution in [3.63, 3.8) is 0 Å². The number of hydrogen-bond donors (Lipinski definition) is 0. The van der Waals surface area contributed by atoms with Crippen LogP contribution in [0.15, 0.2) is 18.5 Å². The molecule has 0 unspecified atom stereocenters. The average Bonchev–Trinajstić information content (AvgIpc) is 2.49. The summed E-state index contributed by atoms with van der Waals surface area (Å²) < 4.78 is 37.9. The first kappa shape index (κ1) is 15.2. The van der Waals surface area contributed by atoms with Gasteiger partial charge in [-0.15, -0.1) is 0 Å². The minimum Gasteiger partial charge on any atom is -0.494 e. The van der Waals surface area contributed by atoms with Crippen LogP contribution in [-0.2, 0) is 0 Å². The number of ether oxygens (including phenoxy) is 2. The second-order valence-electron chi connectivity index (χ2n) is 3.94. The smallest absolute Gasteiger partial charge is 0.222 e. The Bertz CT molecular complexity index is 647. The quantitative estimate of drug-likeness (QED) is 0.809. The summed E-state index contributed by atoms with van der Waals surface area (Å²) in [5.74, 6) is -1.86. The van der Waals surface area contributed by atoms with E-state index in [0.29, 0.717) is 5.56 Å². The average molecular weight is 313 g/mol. The van der Waals surface area contributed by atoms with Crippen LogP contribution in [0.2, 0.25) is 5.28 Å². The third-order valence-electron chi connectivity index (χ3n) is 2.69. The zero-order chi connectivity index (χ0) is 15.4. The van der Waals surface area contributed by atoms with Crippen LogP contribution in [0.5, 0.6) is 11.5 Å². The van der Waals surface area contributed by atoms with Crippen LogP contribution in [0.25, 0.3) is 12.2 Å². The predicted octanol–water partition coefficient (Wildman–Crippen LogP) is 3.60. The van der Waals surface area contributed by atoms with Crippen LogP contribution in [0.4, 0.5) is 8.78 Å². The van der Waals surface area contributed by atoms with Crippen LogP contribution < -0.4 is 9.47 Å². The summed E-state index contributed by atoms with van der Waals surface area (Å²) in [7, 11) is 2.58. The maximum atomic E-state index is 14.1. The van der Waals surface area contributed by atoms with E-state index in [9.17, 15) is 8.78 Å². The van der Waals surface area contributed by atoms with E-state index in [0.717, 1.165) is 6.07 Å².